The van der Waals surface area contributed by atoms with Gasteiger partial charge in [-0.15, -0.1) is 0 Å². The Kier molecular flexibility index (Phi) is 4.55. The number of rotatable bonds is 5. The Labute approximate surface area is 133 Å². The number of anilines is 2. The highest BCUT2D eigenvalue weighted by Gasteiger charge is 2.30. The molecule has 1 aliphatic heterocycles. The van der Waals surface area contributed by atoms with Gasteiger partial charge in [-0.3, -0.25) is 4.79 Å². The van der Waals surface area contributed by atoms with Crippen LogP contribution >= 0.6 is 0 Å². The Balaban J connectivity index is 1.64. The number of amides is 1. The molecule has 2 aromatic carbocycles. The lowest BCUT2D eigenvalue weighted by Gasteiger charge is -2.18. The first kappa shape index (κ1) is 15.5. The second-order valence-electron chi connectivity index (χ2n) is 5.56. The van der Waals surface area contributed by atoms with Gasteiger partial charge in [0.1, 0.15) is 5.82 Å². The normalized spacial score (nSPS) is 17.6. The molecule has 1 amide bonds. The van der Waals surface area contributed by atoms with Gasteiger partial charge < -0.3 is 15.4 Å². The van der Waals surface area contributed by atoms with Crippen LogP contribution in [0.5, 0.6) is 0 Å². The summed E-state index contributed by atoms with van der Waals surface area (Å²) in [6.45, 7) is 0.935. The van der Waals surface area contributed by atoms with Gasteiger partial charge >= 0.3 is 0 Å². The summed E-state index contributed by atoms with van der Waals surface area (Å²) in [5, 5.41) is 12.0. The third kappa shape index (κ3) is 3.67. The topological polar surface area (TPSA) is 64.6 Å². The summed E-state index contributed by atoms with van der Waals surface area (Å²) in [7, 11) is 0. The predicted molar refractivity (Wildman–Crippen MR) is 85.8 cm³/mol. The summed E-state index contributed by atoms with van der Waals surface area (Å²) in [5.74, 6) is -0.289. The minimum Gasteiger partial charge on any atom is -0.380 e. The number of halogens is 1. The third-order valence-corrected chi connectivity index (χ3v) is 3.87. The van der Waals surface area contributed by atoms with Crippen LogP contribution < -0.4 is 15.7 Å². The zero-order chi connectivity index (χ0) is 16.2. The number of nitrogens with one attached hydrogen (secondary N) is 2. The summed E-state index contributed by atoms with van der Waals surface area (Å²) in [6.07, 6.45) is 0.400. The second kappa shape index (κ2) is 6.76. The molecule has 1 aliphatic rings. The van der Waals surface area contributed by atoms with Crippen molar-refractivity contribution in [2.45, 2.75) is 19.0 Å². The molecule has 0 spiro atoms. The second-order valence-corrected chi connectivity index (χ2v) is 5.56. The number of hydrogen-bond donors (Lipinski definition) is 3. The van der Waals surface area contributed by atoms with Crippen molar-refractivity contribution >= 4 is 17.3 Å². The van der Waals surface area contributed by atoms with Crippen molar-refractivity contribution in [2.24, 2.45) is 0 Å². The minimum absolute atomic E-state index is 0.00868. The van der Waals surface area contributed by atoms with Crippen LogP contribution in [0.25, 0.3) is 0 Å². The highest BCUT2D eigenvalue weighted by molar-refractivity contribution is 5.96. The third-order valence-electron chi connectivity index (χ3n) is 3.87. The van der Waals surface area contributed by atoms with E-state index in [4.69, 9.17) is 5.21 Å². The Hall–Kier alpha value is -2.44. The maximum absolute atomic E-state index is 13.0. The van der Waals surface area contributed by atoms with E-state index in [-0.39, 0.29) is 17.8 Å². The van der Waals surface area contributed by atoms with Gasteiger partial charge in [-0.25, -0.2) is 9.87 Å². The molecular formula is C17H18FN3O2. The fourth-order valence-corrected chi connectivity index (χ4v) is 2.72. The molecule has 1 heterocycles. The number of carbonyl (C=O) groups excluding carboxylic acids is 1. The van der Waals surface area contributed by atoms with Crippen LogP contribution in [-0.4, -0.2) is 23.7 Å². The summed E-state index contributed by atoms with van der Waals surface area (Å²) in [5.41, 5.74) is 4.71. The van der Waals surface area contributed by atoms with Gasteiger partial charge in [0.2, 0.25) is 5.91 Å². The van der Waals surface area contributed by atoms with Crippen molar-refractivity contribution in [3.63, 3.8) is 0 Å². The summed E-state index contributed by atoms with van der Waals surface area (Å²) < 4.78 is 13.0. The molecule has 1 unspecified atom stereocenters. The number of hydroxylamine groups is 1. The van der Waals surface area contributed by atoms with Crippen LogP contribution in [0.3, 0.4) is 0 Å². The molecule has 2 aromatic rings. The quantitative estimate of drug-likeness (QED) is 0.742. The Morgan fingerprint density at radius 3 is 2.48 bits per heavy atom. The molecule has 5 nitrogen and oxygen atoms in total. The smallest absolute Gasteiger partial charge is 0.229 e. The van der Waals surface area contributed by atoms with Crippen LogP contribution in [0, 0.1) is 5.82 Å². The van der Waals surface area contributed by atoms with Crippen molar-refractivity contribution in [1.82, 2.24) is 5.48 Å². The van der Waals surface area contributed by atoms with E-state index in [0.717, 1.165) is 11.3 Å². The average Bonchev–Trinajstić information content (AvgIpc) is 2.91. The van der Waals surface area contributed by atoms with E-state index in [0.29, 0.717) is 25.2 Å². The standard InChI is InChI=1S/C17H18FN3O2/c18-13-3-7-16(8-4-13)21-11-15(9-17(21)22)20-14-5-1-12(2-6-14)10-19-23/h1-8,15,19-20,23H,9-11H2. The van der Waals surface area contributed by atoms with Gasteiger partial charge in [0.15, 0.2) is 0 Å². The molecule has 1 saturated heterocycles. The molecule has 0 aromatic heterocycles. The molecule has 23 heavy (non-hydrogen) atoms. The average molecular weight is 315 g/mol. The Morgan fingerprint density at radius 1 is 1.13 bits per heavy atom. The van der Waals surface area contributed by atoms with Crippen LogP contribution in [0.4, 0.5) is 15.8 Å². The number of benzene rings is 2. The van der Waals surface area contributed by atoms with Crippen molar-refractivity contribution in [2.75, 3.05) is 16.8 Å². The largest absolute Gasteiger partial charge is 0.380 e. The molecule has 0 aliphatic carbocycles. The first-order valence-corrected chi connectivity index (χ1v) is 7.44. The molecule has 0 radical (unpaired) electrons. The van der Waals surface area contributed by atoms with Crippen molar-refractivity contribution < 1.29 is 14.4 Å². The summed E-state index contributed by atoms with van der Waals surface area (Å²) in [6, 6.07) is 13.6. The van der Waals surface area contributed by atoms with Gasteiger partial charge in [-0.2, -0.15) is 0 Å². The van der Waals surface area contributed by atoms with Gasteiger partial charge in [-0.05, 0) is 42.0 Å². The lowest BCUT2D eigenvalue weighted by Crippen LogP contribution is -2.27. The van der Waals surface area contributed by atoms with Crippen molar-refractivity contribution in [3.8, 4) is 0 Å². The van der Waals surface area contributed by atoms with Gasteiger partial charge in [0.05, 0.1) is 6.04 Å². The highest BCUT2D eigenvalue weighted by atomic mass is 19.1. The first-order chi connectivity index (χ1) is 11.2. The van der Waals surface area contributed by atoms with Crippen LogP contribution in [0.2, 0.25) is 0 Å². The summed E-state index contributed by atoms with van der Waals surface area (Å²) >= 11 is 0. The molecule has 0 saturated carbocycles. The summed E-state index contributed by atoms with van der Waals surface area (Å²) in [4.78, 5) is 13.8. The molecular weight excluding hydrogens is 297 g/mol. The van der Waals surface area contributed by atoms with Crippen LogP contribution in [0.1, 0.15) is 12.0 Å². The van der Waals surface area contributed by atoms with Crippen LogP contribution in [0.15, 0.2) is 48.5 Å². The highest BCUT2D eigenvalue weighted by Crippen LogP contribution is 2.24. The van der Waals surface area contributed by atoms with E-state index >= 15 is 0 Å². The van der Waals surface area contributed by atoms with Gasteiger partial charge in [-0.1, -0.05) is 12.1 Å². The number of nitrogens with zero attached hydrogens (tertiary/aromatic N) is 1. The molecule has 1 fully saturated rings. The monoisotopic (exact) mass is 315 g/mol. The zero-order valence-electron chi connectivity index (χ0n) is 12.5. The van der Waals surface area contributed by atoms with E-state index in [1.165, 1.54) is 12.1 Å². The minimum atomic E-state index is -0.312. The van der Waals surface area contributed by atoms with Gasteiger partial charge in [0, 0.05) is 30.9 Å². The van der Waals surface area contributed by atoms with Gasteiger partial charge in [0.25, 0.3) is 0 Å². The fourth-order valence-electron chi connectivity index (χ4n) is 2.72. The Morgan fingerprint density at radius 2 is 1.83 bits per heavy atom. The lowest BCUT2D eigenvalue weighted by atomic mass is 10.2. The zero-order valence-corrected chi connectivity index (χ0v) is 12.5. The molecule has 120 valence electrons. The molecule has 6 heteroatoms. The maximum Gasteiger partial charge on any atom is 0.229 e. The number of carbonyl (C=O) groups is 1. The van der Waals surface area contributed by atoms with Crippen LogP contribution in [-0.2, 0) is 11.3 Å². The van der Waals surface area contributed by atoms with E-state index in [2.05, 4.69) is 10.8 Å². The molecule has 3 N–H and O–H groups in total. The fraction of sp³-hybridized carbons (Fsp3) is 0.235. The SMILES string of the molecule is O=C1CC(Nc2ccc(CNO)cc2)CN1c1ccc(F)cc1. The van der Waals surface area contributed by atoms with E-state index in [1.54, 1.807) is 17.0 Å². The number of hydrogen-bond acceptors (Lipinski definition) is 4. The van der Waals surface area contributed by atoms with E-state index in [9.17, 15) is 9.18 Å². The molecule has 1 atom stereocenters. The van der Waals surface area contributed by atoms with Crippen molar-refractivity contribution in [1.29, 1.82) is 0 Å². The predicted octanol–water partition coefficient (Wildman–Crippen LogP) is 2.52. The molecule has 0 bridgehead atoms. The van der Waals surface area contributed by atoms with Crippen molar-refractivity contribution in [3.05, 3.63) is 59.9 Å². The first-order valence-electron chi connectivity index (χ1n) is 7.44. The van der Waals surface area contributed by atoms with E-state index < -0.39 is 0 Å². The lowest BCUT2D eigenvalue weighted by molar-refractivity contribution is -0.117. The molecule has 3 rings (SSSR count). The maximum atomic E-state index is 13.0. The van der Waals surface area contributed by atoms with E-state index in [1.807, 2.05) is 24.3 Å². The Bertz CT molecular complexity index is 673.